The molecule has 1 saturated heterocycles. The third kappa shape index (κ3) is 3.28. The summed E-state index contributed by atoms with van der Waals surface area (Å²) in [6.45, 7) is 2.78. The number of rotatable bonds is 5. The Hall–Kier alpha value is -0.910. The van der Waals surface area contributed by atoms with Crippen LogP contribution in [0.25, 0.3) is 0 Å². The molecule has 0 spiro atoms. The molecule has 1 fully saturated rings. The molecule has 0 saturated carbocycles. The van der Waals surface area contributed by atoms with Gasteiger partial charge >= 0.3 is 5.97 Å². The largest absolute Gasteiger partial charge is 0.481 e. The van der Waals surface area contributed by atoms with Crippen molar-refractivity contribution in [2.24, 2.45) is 0 Å². The van der Waals surface area contributed by atoms with Crippen molar-refractivity contribution < 1.29 is 14.6 Å². The first-order valence-corrected chi connectivity index (χ1v) is 6.67. The summed E-state index contributed by atoms with van der Waals surface area (Å²) >= 11 is 1.59. The van der Waals surface area contributed by atoms with Crippen molar-refractivity contribution in [1.82, 2.24) is 5.32 Å². The lowest BCUT2D eigenvalue weighted by atomic mass is 10.1. The van der Waals surface area contributed by atoms with E-state index in [0.29, 0.717) is 0 Å². The number of carboxylic acids is 1. The molecule has 2 rings (SSSR count). The molecule has 17 heavy (non-hydrogen) atoms. The molecular weight excluding hydrogens is 238 g/mol. The van der Waals surface area contributed by atoms with E-state index in [4.69, 9.17) is 9.84 Å². The van der Waals surface area contributed by atoms with E-state index in [-0.39, 0.29) is 24.6 Å². The Labute approximate surface area is 105 Å². The molecule has 1 aliphatic rings. The highest BCUT2D eigenvalue weighted by atomic mass is 32.1. The quantitative estimate of drug-likeness (QED) is 0.845. The molecule has 1 aromatic heterocycles. The number of hydrogen-bond acceptors (Lipinski definition) is 4. The van der Waals surface area contributed by atoms with Gasteiger partial charge in [-0.2, -0.15) is 0 Å². The van der Waals surface area contributed by atoms with Crippen molar-refractivity contribution in [2.45, 2.75) is 38.0 Å². The van der Waals surface area contributed by atoms with Crippen molar-refractivity contribution in [3.8, 4) is 0 Å². The molecule has 0 bridgehead atoms. The van der Waals surface area contributed by atoms with Crippen LogP contribution in [0.3, 0.4) is 0 Å². The topological polar surface area (TPSA) is 58.6 Å². The molecule has 2 heterocycles. The molecule has 0 radical (unpaired) electrons. The van der Waals surface area contributed by atoms with Crippen LogP contribution in [0.2, 0.25) is 0 Å². The molecule has 1 aliphatic heterocycles. The Morgan fingerprint density at radius 1 is 1.76 bits per heavy atom. The number of nitrogens with one attached hydrogen (secondary N) is 1. The molecule has 3 unspecified atom stereocenters. The molecule has 1 aromatic rings. The molecular formula is C12H17NO3S. The number of hydrogen-bond donors (Lipinski definition) is 2. The third-order valence-electron chi connectivity index (χ3n) is 3.06. The minimum atomic E-state index is -0.775. The van der Waals surface area contributed by atoms with Gasteiger partial charge in [-0.1, -0.05) is 6.07 Å². The Kier molecular flexibility index (Phi) is 4.15. The van der Waals surface area contributed by atoms with Crippen molar-refractivity contribution in [3.05, 3.63) is 22.4 Å². The molecule has 4 nitrogen and oxygen atoms in total. The maximum atomic E-state index is 10.9. The van der Waals surface area contributed by atoms with Crippen LogP contribution in [0.1, 0.15) is 30.7 Å². The van der Waals surface area contributed by atoms with E-state index in [2.05, 4.69) is 5.32 Å². The first kappa shape index (κ1) is 12.5. The van der Waals surface area contributed by atoms with E-state index in [9.17, 15) is 4.79 Å². The van der Waals surface area contributed by atoms with Gasteiger partial charge in [0, 0.05) is 17.5 Å². The first-order chi connectivity index (χ1) is 8.16. The minimum Gasteiger partial charge on any atom is -0.481 e. The predicted octanol–water partition coefficient (Wildman–Crippen LogP) is 2.03. The Bertz CT molecular complexity index is 366. The molecule has 5 heteroatoms. The molecule has 0 amide bonds. The van der Waals surface area contributed by atoms with E-state index < -0.39 is 5.97 Å². The second-order valence-corrected chi connectivity index (χ2v) is 5.28. The van der Waals surface area contributed by atoms with E-state index >= 15 is 0 Å². The van der Waals surface area contributed by atoms with Gasteiger partial charge in [-0.15, -0.1) is 11.3 Å². The van der Waals surface area contributed by atoms with Gasteiger partial charge in [-0.3, -0.25) is 4.79 Å². The number of carboxylic acid groups (broad SMARTS) is 1. The average Bonchev–Trinajstić information content (AvgIpc) is 2.89. The second kappa shape index (κ2) is 5.62. The summed E-state index contributed by atoms with van der Waals surface area (Å²) < 4.78 is 5.48. The third-order valence-corrected chi connectivity index (χ3v) is 4.04. The van der Waals surface area contributed by atoms with E-state index in [1.165, 1.54) is 0 Å². The SMILES string of the molecule is CC1OCCC1NC(CC(=O)O)c1cccs1. The van der Waals surface area contributed by atoms with Crippen LogP contribution < -0.4 is 5.32 Å². The van der Waals surface area contributed by atoms with Crippen LogP contribution in [0.15, 0.2) is 17.5 Å². The zero-order valence-corrected chi connectivity index (χ0v) is 10.6. The first-order valence-electron chi connectivity index (χ1n) is 5.79. The summed E-state index contributed by atoms with van der Waals surface area (Å²) in [4.78, 5) is 12.0. The Morgan fingerprint density at radius 2 is 2.59 bits per heavy atom. The zero-order valence-electron chi connectivity index (χ0n) is 9.76. The van der Waals surface area contributed by atoms with Crippen molar-refractivity contribution >= 4 is 17.3 Å². The molecule has 0 aliphatic carbocycles. The summed E-state index contributed by atoms with van der Waals surface area (Å²) in [6, 6.07) is 4.07. The van der Waals surface area contributed by atoms with Gasteiger partial charge in [0.2, 0.25) is 0 Å². The van der Waals surface area contributed by atoms with Crippen LogP contribution in [-0.4, -0.2) is 29.8 Å². The van der Waals surface area contributed by atoms with E-state index in [1.807, 2.05) is 24.4 Å². The lowest BCUT2D eigenvalue weighted by Gasteiger charge is -2.22. The second-order valence-electron chi connectivity index (χ2n) is 4.30. The lowest BCUT2D eigenvalue weighted by molar-refractivity contribution is -0.137. The van der Waals surface area contributed by atoms with Crippen molar-refractivity contribution in [2.75, 3.05) is 6.61 Å². The summed E-state index contributed by atoms with van der Waals surface area (Å²) in [5.74, 6) is -0.775. The summed E-state index contributed by atoms with van der Waals surface area (Å²) in [5.41, 5.74) is 0. The highest BCUT2D eigenvalue weighted by Crippen LogP contribution is 2.25. The maximum absolute atomic E-state index is 10.9. The highest BCUT2D eigenvalue weighted by Gasteiger charge is 2.28. The Balaban J connectivity index is 2.03. The highest BCUT2D eigenvalue weighted by molar-refractivity contribution is 7.10. The van der Waals surface area contributed by atoms with Crippen molar-refractivity contribution in [3.63, 3.8) is 0 Å². The average molecular weight is 255 g/mol. The summed E-state index contributed by atoms with van der Waals surface area (Å²) in [5, 5.41) is 14.3. The molecule has 2 N–H and O–H groups in total. The van der Waals surface area contributed by atoms with Gasteiger partial charge in [0.25, 0.3) is 0 Å². The summed E-state index contributed by atoms with van der Waals surface area (Å²) in [6.07, 6.45) is 1.22. The lowest BCUT2D eigenvalue weighted by Crippen LogP contribution is -2.38. The fourth-order valence-corrected chi connectivity index (χ4v) is 2.90. The number of ether oxygens (including phenoxy) is 1. The molecule has 94 valence electrons. The van der Waals surface area contributed by atoms with Crippen molar-refractivity contribution in [1.29, 1.82) is 0 Å². The maximum Gasteiger partial charge on any atom is 0.305 e. The van der Waals surface area contributed by atoms with Gasteiger partial charge in [-0.05, 0) is 24.8 Å². The van der Waals surface area contributed by atoms with E-state index in [1.54, 1.807) is 11.3 Å². The standard InChI is InChI=1S/C12H17NO3S/c1-8-9(4-5-16-8)13-10(7-12(14)15)11-3-2-6-17-11/h2-3,6,8-10,13H,4-5,7H2,1H3,(H,14,15). The smallest absolute Gasteiger partial charge is 0.305 e. The predicted molar refractivity (Wildman–Crippen MR) is 66.3 cm³/mol. The zero-order chi connectivity index (χ0) is 12.3. The van der Waals surface area contributed by atoms with Gasteiger partial charge < -0.3 is 15.2 Å². The summed E-state index contributed by atoms with van der Waals surface area (Å²) in [7, 11) is 0. The van der Waals surface area contributed by atoms with Crippen LogP contribution in [0.4, 0.5) is 0 Å². The fourth-order valence-electron chi connectivity index (χ4n) is 2.11. The number of aliphatic carboxylic acids is 1. The molecule has 0 aromatic carbocycles. The van der Waals surface area contributed by atoms with Crippen LogP contribution in [-0.2, 0) is 9.53 Å². The van der Waals surface area contributed by atoms with E-state index in [0.717, 1.165) is 17.9 Å². The van der Waals surface area contributed by atoms with Crippen LogP contribution in [0.5, 0.6) is 0 Å². The molecule has 3 atom stereocenters. The minimum absolute atomic E-state index is 0.110. The van der Waals surface area contributed by atoms with Crippen LogP contribution >= 0.6 is 11.3 Å². The monoisotopic (exact) mass is 255 g/mol. The van der Waals surface area contributed by atoms with Crippen LogP contribution in [0, 0.1) is 0 Å². The number of thiophene rings is 1. The normalized spacial score (nSPS) is 25.9. The van der Waals surface area contributed by atoms with Gasteiger partial charge in [0.05, 0.1) is 18.6 Å². The number of carbonyl (C=O) groups is 1. The Morgan fingerprint density at radius 3 is 3.12 bits per heavy atom. The van der Waals surface area contributed by atoms with Gasteiger partial charge in [0.15, 0.2) is 0 Å². The van der Waals surface area contributed by atoms with Gasteiger partial charge in [-0.25, -0.2) is 0 Å². The van der Waals surface area contributed by atoms with Gasteiger partial charge in [0.1, 0.15) is 0 Å². The fraction of sp³-hybridized carbons (Fsp3) is 0.583.